The maximum Gasteiger partial charge on any atom is 0.115 e. The summed E-state index contributed by atoms with van der Waals surface area (Å²) < 4.78 is 0. The second-order valence-corrected chi connectivity index (χ2v) is 5.15. The fourth-order valence-electron chi connectivity index (χ4n) is 3.28. The zero-order chi connectivity index (χ0) is 13.0. The summed E-state index contributed by atoms with van der Waals surface area (Å²) in [5, 5.41) is 0. The molecule has 0 amide bonds. The van der Waals surface area contributed by atoms with E-state index in [-0.39, 0.29) is 11.6 Å². The molecule has 18 heavy (non-hydrogen) atoms. The molecule has 4 nitrogen and oxygen atoms in total. The Labute approximate surface area is 110 Å². The minimum atomic E-state index is -0.00759. The molecule has 1 atom stereocenters. The average Bonchev–Trinajstić information content (AvgIpc) is 2.96. The summed E-state index contributed by atoms with van der Waals surface area (Å²) in [6, 6.07) is -0.00759. The molecular weight excluding hydrogens is 224 g/mol. The second-order valence-electron chi connectivity index (χ2n) is 5.15. The number of hydrogen-bond acceptors (Lipinski definition) is 4. The monoisotopic (exact) mass is 248 g/mol. The van der Waals surface area contributed by atoms with Crippen LogP contribution in [0.5, 0.6) is 0 Å². The molecule has 2 rings (SSSR count). The molecule has 1 saturated heterocycles. The molecule has 2 N–H and O–H groups in total. The zero-order valence-electron chi connectivity index (χ0n) is 11.5. The second kappa shape index (κ2) is 5.76. The van der Waals surface area contributed by atoms with Crippen LogP contribution in [0.4, 0.5) is 0 Å². The van der Waals surface area contributed by atoms with E-state index in [1.165, 1.54) is 25.9 Å². The Morgan fingerprint density at radius 2 is 1.78 bits per heavy atom. The van der Waals surface area contributed by atoms with E-state index in [0.717, 1.165) is 18.4 Å². The maximum atomic E-state index is 6.55. The standard InChI is InChI=1S/C14H24N4/c1-3-14(4-2,18-7-5-6-8-18)13(15)12-9-16-11-17-10-12/h9-11,13H,3-8,15H2,1-2H3. The topological polar surface area (TPSA) is 55.0 Å². The first-order valence-electron chi connectivity index (χ1n) is 7.00. The number of likely N-dealkylation sites (tertiary alicyclic amines) is 1. The van der Waals surface area contributed by atoms with Crippen LogP contribution in [0.1, 0.15) is 51.1 Å². The Balaban J connectivity index is 2.28. The minimum Gasteiger partial charge on any atom is -0.322 e. The highest BCUT2D eigenvalue weighted by Gasteiger charge is 2.41. The highest BCUT2D eigenvalue weighted by atomic mass is 15.2. The maximum absolute atomic E-state index is 6.55. The Morgan fingerprint density at radius 1 is 1.22 bits per heavy atom. The van der Waals surface area contributed by atoms with Gasteiger partial charge in [-0.25, -0.2) is 9.97 Å². The predicted octanol–water partition coefficient (Wildman–Crippen LogP) is 2.13. The van der Waals surface area contributed by atoms with E-state index >= 15 is 0 Å². The SMILES string of the molecule is CCC(CC)(C(N)c1cncnc1)N1CCCC1. The quantitative estimate of drug-likeness (QED) is 0.867. The third kappa shape index (κ3) is 2.27. The van der Waals surface area contributed by atoms with Crippen molar-refractivity contribution in [3.63, 3.8) is 0 Å². The highest BCUT2D eigenvalue weighted by Crippen LogP contribution is 2.37. The lowest BCUT2D eigenvalue weighted by Crippen LogP contribution is -2.53. The summed E-state index contributed by atoms with van der Waals surface area (Å²) >= 11 is 0. The molecule has 1 unspecified atom stereocenters. The molecule has 0 bridgehead atoms. The number of nitrogens with two attached hydrogens (primary N) is 1. The molecule has 0 spiro atoms. The van der Waals surface area contributed by atoms with Crippen molar-refractivity contribution < 1.29 is 0 Å². The third-order valence-corrected chi connectivity index (χ3v) is 4.48. The first-order chi connectivity index (χ1) is 8.74. The summed E-state index contributed by atoms with van der Waals surface area (Å²) in [5.74, 6) is 0. The van der Waals surface area contributed by atoms with Crippen LogP contribution in [0.3, 0.4) is 0 Å². The van der Waals surface area contributed by atoms with Crippen LogP contribution in [0, 0.1) is 0 Å². The number of aromatic nitrogens is 2. The van der Waals surface area contributed by atoms with Crippen molar-refractivity contribution in [3.8, 4) is 0 Å². The van der Waals surface area contributed by atoms with E-state index in [1.807, 2.05) is 12.4 Å². The predicted molar refractivity (Wildman–Crippen MR) is 73.1 cm³/mol. The lowest BCUT2D eigenvalue weighted by Gasteiger charge is -2.45. The lowest BCUT2D eigenvalue weighted by molar-refractivity contribution is 0.0764. The minimum absolute atomic E-state index is 0.00759. The van der Waals surface area contributed by atoms with Crippen molar-refractivity contribution in [3.05, 3.63) is 24.3 Å². The van der Waals surface area contributed by atoms with Gasteiger partial charge in [-0.15, -0.1) is 0 Å². The van der Waals surface area contributed by atoms with Crippen molar-refractivity contribution in [1.82, 2.24) is 14.9 Å². The van der Waals surface area contributed by atoms with Crippen LogP contribution in [0.2, 0.25) is 0 Å². The van der Waals surface area contributed by atoms with Crippen LogP contribution < -0.4 is 5.73 Å². The van der Waals surface area contributed by atoms with Gasteiger partial charge < -0.3 is 5.73 Å². The van der Waals surface area contributed by atoms with Gasteiger partial charge in [-0.2, -0.15) is 0 Å². The first kappa shape index (κ1) is 13.4. The summed E-state index contributed by atoms with van der Waals surface area (Å²) in [7, 11) is 0. The Bertz CT molecular complexity index is 355. The van der Waals surface area contributed by atoms with E-state index < -0.39 is 0 Å². The van der Waals surface area contributed by atoms with Crippen LogP contribution in [0.25, 0.3) is 0 Å². The van der Waals surface area contributed by atoms with E-state index in [2.05, 4.69) is 28.7 Å². The lowest BCUT2D eigenvalue weighted by atomic mass is 9.80. The van der Waals surface area contributed by atoms with Gasteiger partial charge in [-0.3, -0.25) is 4.90 Å². The van der Waals surface area contributed by atoms with Gasteiger partial charge in [0.25, 0.3) is 0 Å². The summed E-state index contributed by atoms with van der Waals surface area (Å²) in [6.45, 7) is 6.82. The fraction of sp³-hybridized carbons (Fsp3) is 0.714. The Kier molecular flexibility index (Phi) is 4.30. The van der Waals surface area contributed by atoms with Crippen LogP contribution in [0.15, 0.2) is 18.7 Å². The highest BCUT2D eigenvalue weighted by molar-refractivity contribution is 5.16. The summed E-state index contributed by atoms with van der Waals surface area (Å²) in [4.78, 5) is 10.8. The molecule has 1 aliphatic heterocycles. The molecule has 0 aliphatic carbocycles. The van der Waals surface area contributed by atoms with Crippen LogP contribution in [-0.2, 0) is 0 Å². The third-order valence-electron chi connectivity index (χ3n) is 4.48. The molecule has 1 aromatic heterocycles. The van der Waals surface area contributed by atoms with Crippen molar-refractivity contribution in [2.24, 2.45) is 5.73 Å². The molecule has 1 aromatic rings. The molecule has 2 heterocycles. The summed E-state index contributed by atoms with van der Waals surface area (Å²) in [6.07, 6.45) is 9.99. The molecule has 1 aliphatic rings. The van der Waals surface area contributed by atoms with E-state index in [0.29, 0.717) is 0 Å². The van der Waals surface area contributed by atoms with E-state index in [4.69, 9.17) is 5.73 Å². The van der Waals surface area contributed by atoms with E-state index in [9.17, 15) is 0 Å². The molecule has 1 fully saturated rings. The fourth-order valence-corrected chi connectivity index (χ4v) is 3.28. The van der Waals surface area contributed by atoms with Gasteiger partial charge in [-0.1, -0.05) is 13.8 Å². The molecule has 0 saturated carbocycles. The Hall–Kier alpha value is -1.00. The number of hydrogen-bond donors (Lipinski definition) is 1. The van der Waals surface area contributed by atoms with Crippen molar-refractivity contribution in [2.75, 3.05) is 13.1 Å². The molecule has 100 valence electrons. The van der Waals surface area contributed by atoms with Gasteiger partial charge in [0.05, 0.1) is 6.04 Å². The average molecular weight is 248 g/mol. The van der Waals surface area contributed by atoms with Crippen molar-refractivity contribution >= 4 is 0 Å². The van der Waals surface area contributed by atoms with Gasteiger partial charge in [-0.05, 0) is 38.8 Å². The molecule has 0 aromatic carbocycles. The first-order valence-corrected chi connectivity index (χ1v) is 7.00. The smallest absolute Gasteiger partial charge is 0.115 e. The number of rotatable bonds is 5. The van der Waals surface area contributed by atoms with Gasteiger partial charge >= 0.3 is 0 Å². The normalized spacial score (nSPS) is 19.1. The van der Waals surface area contributed by atoms with Gasteiger partial charge in [0.1, 0.15) is 6.33 Å². The van der Waals surface area contributed by atoms with Crippen LogP contribution in [-0.4, -0.2) is 33.5 Å². The summed E-state index contributed by atoms with van der Waals surface area (Å²) in [5.41, 5.74) is 7.66. The van der Waals surface area contributed by atoms with Gasteiger partial charge in [0.15, 0.2) is 0 Å². The van der Waals surface area contributed by atoms with Crippen LogP contribution >= 0.6 is 0 Å². The van der Waals surface area contributed by atoms with Gasteiger partial charge in [0.2, 0.25) is 0 Å². The molecular formula is C14H24N4. The zero-order valence-corrected chi connectivity index (χ0v) is 11.5. The molecule has 4 heteroatoms. The Morgan fingerprint density at radius 3 is 2.28 bits per heavy atom. The van der Waals surface area contributed by atoms with Gasteiger partial charge in [0, 0.05) is 23.5 Å². The molecule has 0 radical (unpaired) electrons. The van der Waals surface area contributed by atoms with Crippen molar-refractivity contribution in [1.29, 1.82) is 0 Å². The van der Waals surface area contributed by atoms with Crippen molar-refractivity contribution in [2.45, 2.75) is 51.1 Å². The van der Waals surface area contributed by atoms with E-state index in [1.54, 1.807) is 6.33 Å². The number of nitrogens with zero attached hydrogens (tertiary/aromatic N) is 3. The largest absolute Gasteiger partial charge is 0.322 e.